The lowest BCUT2D eigenvalue weighted by Crippen LogP contribution is -2.46. The maximum absolute atomic E-state index is 13.4. The summed E-state index contributed by atoms with van der Waals surface area (Å²) in [6.07, 6.45) is 0. The molecule has 1 aliphatic rings. The second-order valence-electron chi connectivity index (χ2n) is 7.47. The van der Waals surface area contributed by atoms with Gasteiger partial charge in [-0.15, -0.1) is 0 Å². The molecule has 0 aliphatic carbocycles. The molecule has 1 atom stereocenters. The molecule has 0 spiro atoms. The number of fused-ring (bicyclic) bond motifs is 1. The molecule has 1 unspecified atom stereocenters. The molecular weight excluding hydrogens is 399 g/mol. The zero-order valence-corrected chi connectivity index (χ0v) is 17.3. The maximum Gasteiger partial charge on any atom is 0.276 e. The van der Waals surface area contributed by atoms with Crippen molar-refractivity contribution in [2.24, 2.45) is 0 Å². The smallest absolute Gasteiger partial charge is 0.276 e. The fourth-order valence-corrected chi connectivity index (χ4v) is 3.62. The van der Waals surface area contributed by atoms with E-state index in [9.17, 15) is 14.0 Å². The van der Waals surface area contributed by atoms with Crippen molar-refractivity contribution in [1.29, 1.82) is 0 Å². The molecule has 160 valence electrons. The minimum atomic E-state index is -0.421. The van der Waals surface area contributed by atoms with E-state index in [-0.39, 0.29) is 41.5 Å². The average Bonchev–Trinajstić information content (AvgIpc) is 3.15. The minimum absolute atomic E-state index is 0.0811. The van der Waals surface area contributed by atoms with Crippen LogP contribution in [0.2, 0.25) is 0 Å². The van der Waals surface area contributed by atoms with Crippen LogP contribution in [0.1, 0.15) is 39.0 Å². The van der Waals surface area contributed by atoms with Crippen LogP contribution in [-0.2, 0) is 19.7 Å². The number of amides is 2. The highest BCUT2D eigenvalue weighted by atomic mass is 19.1. The number of carbonyl (C=O) groups is 2. The molecule has 0 bridgehead atoms. The monoisotopic (exact) mass is 422 g/mol. The Hall–Kier alpha value is -3.68. The van der Waals surface area contributed by atoms with Crippen LogP contribution in [0, 0.1) is 5.82 Å². The lowest BCUT2D eigenvalue weighted by Gasteiger charge is -2.34. The zero-order valence-electron chi connectivity index (χ0n) is 17.3. The van der Waals surface area contributed by atoms with Crippen molar-refractivity contribution in [1.82, 2.24) is 20.0 Å². The maximum atomic E-state index is 13.4. The Kier molecular flexibility index (Phi) is 5.70. The number of hydrogen-bond acceptors (Lipinski definition) is 4. The molecule has 1 N–H and O–H groups in total. The molecule has 31 heavy (non-hydrogen) atoms. The standard InChI is InChI=1S/C23H23FN4O3/c1-15-12-28-20(23(30)27(15)13-16-8-10-18(24)11-9-16)21(19(26-28)22(29)25-2)31-14-17-6-4-3-5-7-17/h3-11,15H,12-14H2,1-2H3,(H,25,29). The Morgan fingerprint density at radius 1 is 1.16 bits per heavy atom. The van der Waals surface area contributed by atoms with Gasteiger partial charge in [-0.25, -0.2) is 4.39 Å². The summed E-state index contributed by atoms with van der Waals surface area (Å²) in [5.74, 6) is -0.861. The molecule has 7 nitrogen and oxygen atoms in total. The summed E-state index contributed by atoms with van der Waals surface area (Å²) >= 11 is 0. The quantitative estimate of drug-likeness (QED) is 0.663. The minimum Gasteiger partial charge on any atom is -0.484 e. The van der Waals surface area contributed by atoms with E-state index in [4.69, 9.17) is 4.74 Å². The van der Waals surface area contributed by atoms with Crippen LogP contribution >= 0.6 is 0 Å². The van der Waals surface area contributed by atoms with E-state index in [1.807, 2.05) is 37.3 Å². The number of benzene rings is 2. The Labute approximate surface area is 179 Å². The van der Waals surface area contributed by atoms with E-state index in [2.05, 4.69) is 10.4 Å². The first kappa shape index (κ1) is 20.6. The van der Waals surface area contributed by atoms with Gasteiger partial charge in [0.25, 0.3) is 11.8 Å². The number of rotatable bonds is 6. The van der Waals surface area contributed by atoms with Gasteiger partial charge in [0.1, 0.15) is 12.4 Å². The summed E-state index contributed by atoms with van der Waals surface area (Å²) in [7, 11) is 1.51. The summed E-state index contributed by atoms with van der Waals surface area (Å²) in [5, 5.41) is 6.93. The van der Waals surface area contributed by atoms with Crippen molar-refractivity contribution in [3.8, 4) is 5.75 Å². The lowest BCUT2D eigenvalue weighted by atomic mass is 10.1. The van der Waals surface area contributed by atoms with E-state index < -0.39 is 5.91 Å². The first-order valence-corrected chi connectivity index (χ1v) is 10.0. The number of aromatic nitrogens is 2. The Balaban J connectivity index is 1.67. The van der Waals surface area contributed by atoms with Gasteiger partial charge in [-0.3, -0.25) is 14.3 Å². The summed E-state index contributed by atoms with van der Waals surface area (Å²) in [5.41, 5.74) is 2.05. The molecule has 0 saturated heterocycles. The molecule has 3 aromatic rings. The van der Waals surface area contributed by atoms with Gasteiger partial charge < -0.3 is 15.0 Å². The SMILES string of the molecule is CNC(=O)c1nn2c(c1OCc1ccccc1)C(=O)N(Cc1ccc(F)cc1)C(C)C2. The highest BCUT2D eigenvalue weighted by Crippen LogP contribution is 2.31. The highest BCUT2D eigenvalue weighted by Gasteiger charge is 2.37. The molecule has 1 aliphatic heterocycles. The zero-order chi connectivity index (χ0) is 22.0. The van der Waals surface area contributed by atoms with E-state index >= 15 is 0 Å². The van der Waals surface area contributed by atoms with Crippen molar-refractivity contribution in [3.05, 3.63) is 82.9 Å². The second kappa shape index (κ2) is 8.59. The summed E-state index contributed by atoms with van der Waals surface area (Å²) in [6, 6.07) is 15.4. The van der Waals surface area contributed by atoms with Crippen molar-refractivity contribution in [2.45, 2.75) is 32.7 Å². The number of hydrogen-bond donors (Lipinski definition) is 1. The molecule has 0 saturated carbocycles. The number of ether oxygens (including phenoxy) is 1. The summed E-state index contributed by atoms with van der Waals surface area (Å²) in [4.78, 5) is 27.6. The van der Waals surface area contributed by atoms with Gasteiger partial charge in [-0.05, 0) is 30.2 Å². The third-order valence-corrected chi connectivity index (χ3v) is 5.28. The van der Waals surface area contributed by atoms with E-state index in [0.717, 1.165) is 11.1 Å². The molecule has 8 heteroatoms. The topological polar surface area (TPSA) is 76.5 Å². The molecule has 0 radical (unpaired) electrons. The molecule has 4 rings (SSSR count). The Bertz CT molecular complexity index is 1100. The van der Waals surface area contributed by atoms with Crippen molar-refractivity contribution in [2.75, 3.05) is 7.05 Å². The molecule has 2 aromatic carbocycles. The van der Waals surface area contributed by atoms with Crippen LogP contribution in [-0.4, -0.2) is 39.6 Å². The van der Waals surface area contributed by atoms with Crippen molar-refractivity contribution >= 4 is 11.8 Å². The molecule has 0 fully saturated rings. The highest BCUT2D eigenvalue weighted by molar-refractivity contribution is 6.02. The van der Waals surface area contributed by atoms with E-state index in [1.165, 1.54) is 19.2 Å². The summed E-state index contributed by atoms with van der Waals surface area (Å²) in [6.45, 7) is 2.85. The normalized spacial score (nSPS) is 15.5. The van der Waals surface area contributed by atoms with Gasteiger partial charge in [0.05, 0.1) is 6.54 Å². The van der Waals surface area contributed by atoms with Crippen LogP contribution in [0.4, 0.5) is 4.39 Å². The van der Waals surface area contributed by atoms with Crippen LogP contribution in [0.25, 0.3) is 0 Å². The van der Waals surface area contributed by atoms with Gasteiger partial charge in [0, 0.05) is 19.6 Å². The number of nitrogens with zero attached hydrogens (tertiary/aromatic N) is 3. The van der Waals surface area contributed by atoms with Crippen LogP contribution in [0.5, 0.6) is 5.75 Å². The molecule has 1 aromatic heterocycles. The first-order valence-electron chi connectivity index (χ1n) is 10.0. The first-order chi connectivity index (χ1) is 15.0. The average molecular weight is 422 g/mol. The van der Waals surface area contributed by atoms with Gasteiger partial charge >= 0.3 is 0 Å². The number of nitrogens with one attached hydrogen (secondary N) is 1. The second-order valence-corrected chi connectivity index (χ2v) is 7.47. The van der Waals surface area contributed by atoms with E-state index in [1.54, 1.807) is 21.7 Å². The van der Waals surface area contributed by atoms with Crippen LogP contribution in [0.3, 0.4) is 0 Å². The van der Waals surface area contributed by atoms with Crippen molar-refractivity contribution < 1.29 is 18.7 Å². The van der Waals surface area contributed by atoms with Crippen molar-refractivity contribution in [3.63, 3.8) is 0 Å². The fourth-order valence-electron chi connectivity index (χ4n) is 3.62. The molecular formula is C23H23FN4O3. The Morgan fingerprint density at radius 2 is 1.87 bits per heavy atom. The van der Waals surface area contributed by atoms with Crippen LogP contribution < -0.4 is 10.1 Å². The third kappa shape index (κ3) is 4.14. The number of carbonyl (C=O) groups excluding carboxylic acids is 2. The predicted octanol–water partition coefficient (Wildman–Crippen LogP) is 3.01. The third-order valence-electron chi connectivity index (χ3n) is 5.28. The lowest BCUT2D eigenvalue weighted by molar-refractivity contribution is 0.0578. The fraction of sp³-hybridized carbons (Fsp3) is 0.261. The van der Waals surface area contributed by atoms with Gasteiger partial charge in [-0.1, -0.05) is 42.5 Å². The van der Waals surface area contributed by atoms with Gasteiger partial charge in [0.15, 0.2) is 17.1 Å². The Morgan fingerprint density at radius 3 is 2.55 bits per heavy atom. The summed E-state index contributed by atoms with van der Waals surface area (Å²) < 4.78 is 20.8. The number of halogens is 1. The van der Waals surface area contributed by atoms with Gasteiger partial charge in [-0.2, -0.15) is 5.10 Å². The van der Waals surface area contributed by atoms with Gasteiger partial charge in [0.2, 0.25) is 0 Å². The predicted molar refractivity (Wildman–Crippen MR) is 112 cm³/mol. The molecule has 2 heterocycles. The molecule has 2 amide bonds. The van der Waals surface area contributed by atoms with Crippen LogP contribution in [0.15, 0.2) is 54.6 Å². The van der Waals surface area contributed by atoms with E-state index in [0.29, 0.717) is 13.1 Å². The largest absolute Gasteiger partial charge is 0.484 e.